The number of hydrogen-bond donors (Lipinski definition) is 0. The van der Waals surface area contributed by atoms with Crippen molar-refractivity contribution in [2.24, 2.45) is 5.92 Å². The van der Waals surface area contributed by atoms with Crippen molar-refractivity contribution in [2.45, 2.75) is 51.1 Å². The van der Waals surface area contributed by atoms with E-state index in [2.05, 4.69) is 0 Å². The molecule has 2 aliphatic rings. The van der Waals surface area contributed by atoms with Crippen molar-refractivity contribution >= 4 is 16.0 Å². The number of fused-ring (bicyclic) bond motifs is 1. The second-order valence-electron chi connectivity index (χ2n) is 5.12. The lowest BCUT2D eigenvalue weighted by Crippen LogP contribution is -2.47. The zero-order valence-electron chi connectivity index (χ0n) is 11.0. The van der Waals surface area contributed by atoms with Gasteiger partial charge in [-0.2, -0.15) is 4.31 Å². The van der Waals surface area contributed by atoms with Gasteiger partial charge in [0.25, 0.3) is 0 Å². The maximum absolute atomic E-state index is 12.2. The molecule has 1 saturated carbocycles. The summed E-state index contributed by atoms with van der Waals surface area (Å²) in [5.74, 6) is -0.0467. The summed E-state index contributed by atoms with van der Waals surface area (Å²) in [7, 11) is -2.02. The lowest BCUT2D eigenvalue weighted by atomic mass is 9.85. The Morgan fingerprint density at radius 3 is 2.61 bits per heavy atom. The first-order valence-electron chi connectivity index (χ1n) is 6.60. The van der Waals surface area contributed by atoms with Crippen LogP contribution in [0.15, 0.2) is 0 Å². The van der Waals surface area contributed by atoms with Crippen LogP contribution in [0, 0.1) is 5.92 Å². The lowest BCUT2D eigenvalue weighted by Gasteiger charge is -2.32. The Hall–Kier alpha value is -0.620. The van der Waals surface area contributed by atoms with Gasteiger partial charge < -0.3 is 4.74 Å². The molecule has 1 aliphatic carbocycles. The average Bonchev–Trinajstić information content (AvgIpc) is 2.77. The Morgan fingerprint density at radius 2 is 2.00 bits per heavy atom. The molecule has 0 aromatic rings. The molecular formula is C12H21NO4S. The number of esters is 1. The number of carbonyl (C=O) groups excluding carboxylic acids is 1. The molecule has 0 aromatic heterocycles. The fraction of sp³-hybridized carbons (Fsp3) is 0.917. The second kappa shape index (κ2) is 5.17. The molecule has 0 radical (unpaired) electrons. The summed E-state index contributed by atoms with van der Waals surface area (Å²) in [5.41, 5.74) is 0. The van der Waals surface area contributed by atoms with Gasteiger partial charge in [0.2, 0.25) is 10.0 Å². The first-order chi connectivity index (χ1) is 8.51. The van der Waals surface area contributed by atoms with Crippen LogP contribution < -0.4 is 0 Å². The topological polar surface area (TPSA) is 63.7 Å². The first-order valence-corrected chi connectivity index (χ1v) is 8.21. The highest BCUT2D eigenvalue weighted by molar-refractivity contribution is 7.89. The minimum absolute atomic E-state index is 0.00722. The highest BCUT2D eigenvalue weighted by Gasteiger charge is 2.50. The van der Waals surface area contributed by atoms with Crippen LogP contribution in [0.4, 0.5) is 0 Å². The predicted octanol–water partition coefficient (Wildman–Crippen LogP) is 1.14. The number of rotatable bonds is 3. The third-order valence-corrected chi connectivity index (χ3v) is 6.09. The van der Waals surface area contributed by atoms with Crippen LogP contribution in [0.3, 0.4) is 0 Å². The number of carbonyl (C=O) groups is 1. The maximum atomic E-state index is 12.2. The Balaban J connectivity index is 2.32. The molecule has 0 aromatic carbocycles. The van der Waals surface area contributed by atoms with Crippen LogP contribution in [0.5, 0.6) is 0 Å². The van der Waals surface area contributed by atoms with Crippen molar-refractivity contribution in [1.82, 2.24) is 4.31 Å². The van der Waals surface area contributed by atoms with Crippen LogP contribution in [-0.4, -0.2) is 43.6 Å². The number of sulfonamides is 1. The SMILES string of the molecule is CCS(=O)(=O)N1[C@H](C(=O)OC)C[C@@H]2CCCC[C@@H]21. The minimum Gasteiger partial charge on any atom is -0.468 e. The zero-order chi connectivity index (χ0) is 13.3. The Bertz CT molecular complexity index is 420. The zero-order valence-corrected chi connectivity index (χ0v) is 11.8. The number of ether oxygens (including phenoxy) is 1. The number of methoxy groups -OCH3 is 1. The summed E-state index contributed by atoms with van der Waals surface area (Å²) >= 11 is 0. The maximum Gasteiger partial charge on any atom is 0.324 e. The predicted molar refractivity (Wildman–Crippen MR) is 67.5 cm³/mol. The van der Waals surface area contributed by atoms with E-state index in [4.69, 9.17) is 4.74 Å². The average molecular weight is 275 g/mol. The van der Waals surface area contributed by atoms with E-state index in [0.717, 1.165) is 25.7 Å². The van der Waals surface area contributed by atoms with E-state index < -0.39 is 22.0 Å². The van der Waals surface area contributed by atoms with Crippen LogP contribution in [0.25, 0.3) is 0 Å². The molecule has 2 rings (SSSR count). The second-order valence-corrected chi connectivity index (χ2v) is 7.28. The van der Waals surface area contributed by atoms with Crippen LogP contribution in [0.1, 0.15) is 39.0 Å². The van der Waals surface area contributed by atoms with Gasteiger partial charge in [-0.1, -0.05) is 12.8 Å². The van der Waals surface area contributed by atoms with Crippen molar-refractivity contribution in [3.05, 3.63) is 0 Å². The molecule has 104 valence electrons. The molecule has 1 saturated heterocycles. The standard InChI is InChI=1S/C12H21NO4S/c1-3-18(15,16)13-10-7-5-4-6-9(10)8-11(13)12(14)17-2/h9-11H,3-8H2,1-2H3/t9-,10-,11-/m0/s1. The van der Waals surface area contributed by atoms with E-state index >= 15 is 0 Å². The van der Waals surface area contributed by atoms with Crippen LogP contribution in [-0.2, 0) is 19.6 Å². The van der Waals surface area contributed by atoms with Crippen molar-refractivity contribution in [1.29, 1.82) is 0 Å². The molecule has 1 aliphatic heterocycles. The fourth-order valence-corrected chi connectivity index (χ4v) is 4.85. The Kier molecular flexibility index (Phi) is 3.96. The van der Waals surface area contributed by atoms with Gasteiger partial charge in [0.15, 0.2) is 0 Å². The summed E-state index contributed by atoms with van der Waals surface area (Å²) in [6.07, 6.45) is 4.70. The van der Waals surface area contributed by atoms with Gasteiger partial charge in [-0.05, 0) is 32.1 Å². The van der Waals surface area contributed by atoms with E-state index in [9.17, 15) is 13.2 Å². The van der Waals surface area contributed by atoms with Crippen LogP contribution >= 0.6 is 0 Å². The molecule has 18 heavy (non-hydrogen) atoms. The molecule has 6 heteroatoms. The number of nitrogens with zero attached hydrogens (tertiary/aromatic N) is 1. The monoisotopic (exact) mass is 275 g/mol. The van der Waals surface area contributed by atoms with Crippen molar-refractivity contribution in [2.75, 3.05) is 12.9 Å². The largest absolute Gasteiger partial charge is 0.468 e. The summed E-state index contributed by atoms with van der Waals surface area (Å²) in [5, 5.41) is 0. The quantitative estimate of drug-likeness (QED) is 0.725. The van der Waals surface area contributed by atoms with Gasteiger partial charge in [0, 0.05) is 6.04 Å². The molecule has 0 N–H and O–H groups in total. The van der Waals surface area contributed by atoms with E-state index in [0.29, 0.717) is 12.3 Å². The van der Waals surface area contributed by atoms with Crippen molar-refractivity contribution in [3.8, 4) is 0 Å². The molecule has 3 atom stereocenters. The highest BCUT2D eigenvalue weighted by Crippen LogP contribution is 2.41. The smallest absolute Gasteiger partial charge is 0.324 e. The third-order valence-electron chi connectivity index (χ3n) is 4.19. The first kappa shape index (κ1) is 13.8. The molecule has 0 unspecified atom stereocenters. The molecule has 0 spiro atoms. The highest BCUT2D eigenvalue weighted by atomic mass is 32.2. The van der Waals surface area contributed by atoms with Gasteiger partial charge in [-0.15, -0.1) is 0 Å². The van der Waals surface area contributed by atoms with E-state index in [1.165, 1.54) is 11.4 Å². The Labute approximate surface area is 109 Å². The molecule has 0 bridgehead atoms. The Morgan fingerprint density at radius 1 is 1.33 bits per heavy atom. The van der Waals surface area contributed by atoms with Gasteiger partial charge in [0.1, 0.15) is 6.04 Å². The van der Waals surface area contributed by atoms with E-state index in [-0.39, 0.29) is 11.8 Å². The summed E-state index contributed by atoms with van der Waals surface area (Å²) in [6.45, 7) is 1.62. The summed E-state index contributed by atoms with van der Waals surface area (Å²) in [6, 6.07) is -0.596. The summed E-state index contributed by atoms with van der Waals surface area (Å²) < 4.78 is 30.6. The van der Waals surface area contributed by atoms with Crippen LogP contribution in [0.2, 0.25) is 0 Å². The van der Waals surface area contributed by atoms with Gasteiger partial charge in [-0.25, -0.2) is 8.42 Å². The van der Waals surface area contributed by atoms with Gasteiger partial charge in [0.05, 0.1) is 12.9 Å². The van der Waals surface area contributed by atoms with Gasteiger partial charge in [-0.3, -0.25) is 4.79 Å². The molecule has 5 nitrogen and oxygen atoms in total. The van der Waals surface area contributed by atoms with E-state index in [1.807, 2.05) is 0 Å². The molecule has 0 amide bonds. The third kappa shape index (κ3) is 2.28. The fourth-order valence-electron chi connectivity index (χ4n) is 3.31. The normalized spacial score (nSPS) is 33.1. The van der Waals surface area contributed by atoms with Crippen molar-refractivity contribution < 1.29 is 17.9 Å². The minimum atomic E-state index is -3.34. The lowest BCUT2D eigenvalue weighted by molar-refractivity contribution is -0.144. The van der Waals surface area contributed by atoms with E-state index in [1.54, 1.807) is 6.92 Å². The number of hydrogen-bond acceptors (Lipinski definition) is 4. The molecule has 2 fully saturated rings. The van der Waals surface area contributed by atoms with Crippen molar-refractivity contribution in [3.63, 3.8) is 0 Å². The molecule has 1 heterocycles. The van der Waals surface area contributed by atoms with Gasteiger partial charge >= 0.3 is 5.97 Å². The summed E-state index contributed by atoms with van der Waals surface area (Å²) in [4.78, 5) is 11.8. The molecular weight excluding hydrogens is 254 g/mol.